The van der Waals surface area contributed by atoms with Gasteiger partial charge in [-0.15, -0.1) is 0 Å². The van der Waals surface area contributed by atoms with Gasteiger partial charge in [-0.25, -0.2) is 17.2 Å². The maximum absolute atomic E-state index is 13.8. The molecule has 11 heteroatoms. The van der Waals surface area contributed by atoms with Crippen LogP contribution >= 0.6 is 0 Å². The summed E-state index contributed by atoms with van der Waals surface area (Å²) in [5, 5.41) is 12.2. The Balaban J connectivity index is 1.74. The van der Waals surface area contributed by atoms with E-state index in [9.17, 15) is 31.9 Å². The summed E-state index contributed by atoms with van der Waals surface area (Å²) in [7, 11) is -4.13. The van der Waals surface area contributed by atoms with Crippen molar-refractivity contribution in [1.29, 1.82) is 0 Å². The lowest BCUT2D eigenvalue weighted by Gasteiger charge is -2.24. The van der Waals surface area contributed by atoms with Gasteiger partial charge in [0, 0.05) is 19.0 Å². The van der Waals surface area contributed by atoms with Gasteiger partial charge in [-0.3, -0.25) is 9.59 Å². The minimum Gasteiger partial charge on any atom is -0.451 e. The van der Waals surface area contributed by atoms with E-state index in [4.69, 9.17) is 4.74 Å². The van der Waals surface area contributed by atoms with Crippen molar-refractivity contribution in [2.24, 2.45) is 0 Å². The molecule has 1 aliphatic heterocycles. The summed E-state index contributed by atoms with van der Waals surface area (Å²) in [6.07, 6.45) is -2.71. The average Bonchev–Trinajstić information content (AvgIpc) is 3.14. The number of halogens is 2. The van der Waals surface area contributed by atoms with E-state index in [1.54, 1.807) is 13.0 Å². The van der Waals surface area contributed by atoms with Crippen LogP contribution in [0.25, 0.3) is 0 Å². The molecule has 0 bridgehead atoms. The van der Waals surface area contributed by atoms with Crippen LogP contribution in [0.4, 0.5) is 14.5 Å². The Kier molecular flexibility index (Phi) is 7.15. The molecule has 1 amide bonds. The Morgan fingerprint density at radius 2 is 1.85 bits per heavy atom. The molecule has 1 saturated heterocycles. The largest absolute Gasteiger partial charge is 0.451 e. The van der Waals surface area contributed by atoms with Gasteiger partial charge in [0.25, 0.3) is 5.91 Å². The normalized spacial score (nSPS) is 19.8. The molecular weight excluding hydrogens is 458 g/mol. The molecule has 1 heterocycles. The number of aryl methyl sites for hydroxylation is 2. The fourth-order valence-electron chi connectivity index (χ4n) is 3.41. The number of rotatable bonds is 6. The number of aliphatic hydroxyl groups excluding tert-OH is 1. The van der Waals surface area contributed by atoms with E-state index in [1.165, 1.54) is 19.1 Å². The summed E-state index contributed by atoms with van der Waals surface area (Å²) >= 11 is 0. The second-order valence-electron chi connectivity index (χ2n) is 7.92. The second-order valence-corrected chi connectivity index (χ2v) is 9.81. The third-order valence-electron chi connectivity index (χ3n) is 5.44. The topological polar surface area (TPSA) is 113 Å². The molecule has 0 radical (unpaired) electrons. The van der Waals surface area contributed by atoms with Crippen molar-refractivity contribution < 1.29 is 36.6 Å². The molecule has 0 saturated carbocycles. The Bertz CT molecular complexity index is 1190. The summed E-state index contributed by atoms with van der Waals surface area (Å²) < 4.78 is 59.0. The van der Waals surface area contributed by atoms with Crippen LogP contribution in [0.15, 0.2) is 41.3 Å². The number of hydrogen-bond acceptors (Lipinski definition) is 6. The molecule has 2 aromatic rings. The van der Waals surface area contributed by atoms with Crippen LogP contribution in [0.3, 0.4) is 0 Å². The molecule has 2 unspecified atom stereocenters. The number of amides is 1. The van der Waals surface area contributed by atoms with E-state index in [0.717, 1.165) is 27.6 Å². The molecule has 3 atom stereocenters. The number of aliphatic hydroxyl groups is 1. The van der Waals surface area contributed by atoms with Crippen LogP contribution < -0.4 is 5.32 Å². The van der Waals surface area contributed by atoms with E-state index >= 15 is 0 Å². The average molecular weight is 483 g/mol. The first-order chi connectivity index (χ1) is 15.4. The predicted molar refractivity (Wildman–Crippen MR) is 115 cm³/mol. The summed E-state index contributed by atoms with van der Waals surface area (Å²) in [4.78, 5) is 25.0. The smallest absolute Gasteiger partial charge is 0.325 e. The van der Waals surface area contributed by atoms with E-state index < -0.39 is 51.8 Å². The number of nitrogens with one attached hydrogen (secondary N) is 1. The standard InChI is InChI=1S/C22H24F2N2O6S/c1-12-4-6-17(8-13(12)2)33(30,31)26-11-16(27)10-20(26)22(29)32-14(3)21(28)25-19-7-5-15(23)9-18(19)24/h4-9,14,16,20,27H,10-11H2,1-3H3,(H,25,28)/t14?,16?,20-/m0/s1. The Labute approximate surface area is 190 Å². The third-order valence-corrected chi connectivity index (χ3v) is 7.31. The van der Waals surface area contributed by atoms with E-state index in [2.05, 4.69) is 5.32 Å². The lowest BCUT2D eigenvalue weighted by atomic mass is 10.1. The highest BCUT2D eigenvalue weighted by molar-refractivity contribution is 7.89. The van der Waals surface area contributed by atoms with E-state index in [-0.39, 0.29) is 23.5 Å². The molecule has 2 N–H and O–H groups in total. The number of anilines is 1. The summed E-state index contributed by atoms with van der Waals surface area (Å²) in [6.45, 7) is 4.50. The second kappa shape index (κ2) is 9.54. The molecular formula is C22H24F2N2O6S. The third kappa shape index (κ3) is 5.37. The van der Waals surface area contributed by atoms with Crippen molar-refractivity contribution in [2.45, 2.75) is 50.3 Å². The SMILES string of the molecule is Cc1ccc(S(=O)(=O)N2CC(O)C[C@H]2C(=O)OC(C)C(=O)Nc2ccc(F)cc2F)cc1C. The minimum absolute atomic E-state index is 0.0323. The quantitative estimate of drug-likeness (QED) is 0.611. The van der Waals surface area contributed by atoms with Gasteiger partial charge >= 0.3 is 5.97 Å². The number of carbonyl (C=O) groups is 2. The number of sulfonamides is 1. The van der Waals surface area contributed by atoms with Gasteiger partial charge in [-0.05, 0) is 56.2 Å². The molecule has 2 aromatic carbocycles. The van der Waals surface area contributed by atoms with Crippen LogP contribution in [0, 0.1) is 25.5 Å². The van der Waals surface area contributed by atoms with Gasteiger partial charge in [-0.1, -0.05) is 6.07 Å². The fourth-order valence-corrected chi connectivity index (χ4v) is 5.12. The lowest BCUT2D eigenvalue weighted by molar-refractivity contribution is -0.156. The summed E-state index contributed by atoms with van der Waals surface area (Å²) in [6, 6.07) is 5.74. The zero-order chi connectivity index (χ0) is 24.5. The number of esters is 1. The molecule has 0 aliphatic carbocycles. The molecule has 33 heavy (non-hydrogen) atoms. The molecule has 3 rings (SSSR count). The molecule has 178 valence electrons. The summed E-state index contributed by atoms with van der Waals surface area (Å²) in [5.74, 6) is -3.75. The zero-order valence-corrected chi connectivity index (χ0v) is 19.0. The number of β-amino-alcohol motifs (C(OH)–C–C–N with tert-alkyl or cyclic N) is 1. The van der Waals surface area contributed by atoms with Gasteiger partial charge in [0.05, 0.1) is 16.7 Å². The van der Waals surface area contributed by atoms with Crippen LogP contribution in [0.5, 0.6) is 0 Å². The highest BCUT2D eigenvalue weighted by Gasteiger charge is 2.45. The Morgan fingerprint density at radius 1 is 1.15 bits per heavy atom. The van der Waals surface area contributed by atoms with Crippen LogP contribution in [0.1, 0.15) is 24.5 Å². The molecule has 8 nitrogen and oxygen atoms in total. The monoisotopic (exact) mass is 482 g/mol. The molecule has 0 aromatic heterocycles. The van der Waals surface area contributed by atoms with Gasteiger partial charge in [-0.2, -0.15) is 4.31 Å². The maximum Gasteiger partial charge on any atom is 0.325 e. The van der Waals surface area contributed by atoms with Crippen molar-refractivity contribution in [2.75, 3.05) is 11.9 Å². The Hall–Kier alpha value is -2.89. The van der Waals surface area contributed by atoms with Gasteiger partial charge in [0.2, 0.25) is 10.0 Å². The fraction of sp³-hybridized carbons (Fsp3) is 0.364. The van der Waals surface area contributed by atoms with Gasteiger partial charge < -0.3 is 15.2 Å². The minimum atomic E-state index is -4.13. The predicted octanol–water partition coefficient (Wildman–Crippen LogP) is 2.28. The first-order valence-corrected chi connectivity index (χ1v) is 11.6. The van der Waals surface area contributed by atoms with Crippen molar-refractivity contribution in [3.63, 3.8) is 0 Å². The van der Waals surface area contributed by atoms with Crippen molar-refractivity contribution in [3.8, 4) is 0 Å². The number of ether oxygens (including phenoxy) is 1. The van der Waals surface area contributed by atoms with E-state index in [0.29, 0.717) is 6.07 Å². The molecule has 0 spiro atoms. The van der Waals surface area contributed by atoms with E-state index in [1.807, 2.05) is 6.92 Å². The van der Waals surface area contributed by atoms with Crippen molar-refractivity contribution in [3.05, 3.63) is 59.2 Å². The highest BCUT2D eigenvalue weighted by Crippen LogP contribution is 2.28. The van der Waals surface area contributed by atoms with Gasteiger partial charge in [0.1, 0.15) is 17.7 Å². The lowest BCUT2D eigenvalue weighted by Crippen LogP contribution is -2.43. The number of benzene rings is 2. The van der Waals surface area contributed by atoms with Crippen molar-refractivity contribution in [1.82, 2.24) is 4.31 Å². The molecule has 1 fully saturated rings. The zero-order valence-electron chi connectivity index (χ0n) is 18.2. The number of carbonyl (C=O) groups excluding carboxylic acids is 2. The molecule has 1 aliphatic rings. The van der Waals surface area contributed by atoms with Crippen LogP contribution in [-0.2, 0) is 24.3 Å². The number of nitrogens with zero attached hydrogens (tertiary/aromatic N) is 1. The van der Waals surface area contributed by atoms with Crippen LogP contribution in [0.2, 0.25) is 0 Å². The maximum atomic E-state index is 13.8. The first kappa shape index (κ1) is 24.7. The van der Waals surface area contributed by atoms with Gasteiger partial charge in [0.15, 0.2) is 6.10 Å². The summed E-state index contributed by atoms with van der Waals surface area (Å²) in [5.41, 5.74) is 1.33. The Morgan fingerprint density at radius 3 is 2.48 bits per heavy atom. The van der Waals surface area contributed by atoms with Crippen LogP contribution in [-0.4, -0.2) is 54.5 Å². The van der Waals surface area contributed by atoms with Crippen molar-refractivity contribution >= 4 is 27.6 Å². The number of hydrogen-bond donors (Lipinski definition) is 2. The first-order valence-electron chi connectivity index (χ1n) is 10.1. The highest BCUT2D eigenvalue weighted by atomic mass is 32.2.